The van der Waals surface area contributed by atoms with Gasteiger partial charge in [0.1, 0.15) is 0 Å². The van der Waals surface area contributed by atoms with Crippen molar-refractivity contribution in [3.8, 4) is 0 Å². The van der Waals surface area contributed by atoms with E-state index in [4.69, 9.17) is 11.1 Å². The van der Waals surface area contributed by atoms with Gasteiger partial charge in [0, 0.05) is 12.1 Å². The summed E-state index contributed by atoms with van der Waals surface area (Å²) < 4.78 is 0. The zero-order valence-electron chi connectivity index (χ0n) is 7.23. The van der Waals surface area contributed by atoms with Crippen LogP contribution in [0, 0.1) is 5.41 Å². The van der Waals surface area contributed by atoms with E-state index in [1.807, 2.05) is 32.6 Å². The Morgan fingerprint density at radius 2 is 1.90 bits per heavy atom. The largest absolute Gasteiger partial charge is 0.370 e. The maximum atomic E-state index is 7.21. The molecule has 0 aliphatic heterocycles. The summed E-state index contributed by atoms with van der Waals surface area (Å²) in [5.41, 5.74) is 5.32. The summed E-state index contributed by atoms with van der Waals surface area (Å²) in [5.74, 6) is 0.148. The molecule has 0 saturated carbocycles. The van der Waals surface area contributed by atoms with Gasteiger partial charge in [-0.2, -0.15) is 0 Å². The van der Waals surface area contributed by atoms with Gasteiger partial charge < -0.3 is 10.6 Å². The zero-order valence-corrected chi connectivity index (χ0v) is 7.23. The topological polar surface area (TPSA) is 53.1 Å². The third-order valence-corrected chi connectivity index (χ3v) is 1.42. The Balaban J connectivity index is 4.22. The Labute approximate surface area is 62.7 Å². The van der Waals surface area contributed by atoms with Crippen LogP contribution in [0.4, 0.5) is 0 Å². The molecule has 0 aromatic heterocycles. The van der Waals surface area contributed by atoms with E-state index in [0.29, 0.717) is 0 Å². The first kappa shape index (κ1) is 9.27. The quantitative estimate of drug-likeness (QED) is 0.425. The van der Waals surface area contributed by atoms with Crippen molar-refractivity contribution in [3.05, 3.63) is 0 Å². The molecular formula is C7H17N3. The summed E-state index contributed by atoms with van der Waals surface area (Å²) >= 11 is 0. The molecule has 0 amide bonds. The molecule has 0 aromatic rings. The lowest BCUT2D eigenvalue weighted by Gasteiger charge is -2.34. The minimum absolute atomic E-state index is 0.0272. The number of hydrogen-bond donors (Lipinski definition) is 2. The highest BCUT2D eigenvalue weighted by Crippen LogP contribution is 2.10. The van der Waals surface area contributed by atoms with Crippen molar-refractivity contribution in [1.29, 1.82) is 5.41 Å². The molecule has 3 heteroatoms. The molecule has 0 radical (unpaired) electrons. The van der Waals surface area contributed by atoms with Crippen LogP contribution in [0.25, 0.3) is 0 Å². The summed E-state index contributed by atoms with van der Waals surface area (Å²) in [6, 6.07) is 0. The fraction of sp³-hybridized carbons (Fsp3) is 0.857. The molecule has 3 N–H and O–H groups in total. The molecule has 0 heterocycles. The molecular weight excluding hydrogens is 126 g/mol. The van der Waals surface area contributed by atoms with Crippen molar-refractivity contribution >= 4 is 5.96 Å². The highest BCUT2D eigenvalue weighted by Gasteiger charge is 2.19. The highest BCUT2D eigenvalue weighted by molar-refractivity contribution is 5.75. The van der Waals surface area contributed by atoms with Gasteiger partial charge in [-0.15, -0.1) is 0 Å². The molecule has 0 rings (SSSR count). The fourth-order valence-electron chi connectivity index (χ4n) is 1.01. The highest BCUT2D eigenvalue weighted by atomic mass is 15.3. The standard InChI is InChI=1S/C7H17N3/c1-5-10(6(8)9)7(2,3)4/h5H2,1-4H3,(H3,8,9). The molecule has 60 valence electrons. The summed E-state index contributed by atoms with van der Waals surface area (Å²) in [7, 11) is 0. The normalized spacial score (nSPS) is 11.2. The van der Waals surface area contributed by atoms with Crippen LogP contribution in [-0.2, 0) is 0 Å². The van der Waals surface area contributed by atoms with Gasteiger partial charge in [-0.05, 0) is 27.7 Å². The Kier molecular flexibility index (Phi) is 2.69. The van der Waals surface area contributed by atoms with Gasteiger partial charge in [0.15, 0.2) is 5.96 Å². The average molecular weight is 143 g/mol. The summed E-state index contributed by atoms with van der Waals surface area (Å²) in [6.45, 7) is 8.90. The number of guanidine groups is 1. The lowest BCUT2D eigenvalue weighted by Crippen LogP contribution is -2.48. The molecule has 0 aliphatic carbocycles. The van der Waals surface area contributed by atoms with Gasteiger partial charge in [0.25, 0.3) is 0 Å². The third-order valence-electron chi connectivity index (χ3n) is 1.42. The predicted molar refractivity (Wildman–Crippen MR) is 44.0 cm³/mol. The van der Waals surface area contributed by atoms with Crippen molar-refractivity contribution in [3.63, 3.8) is 0 Å². The average Bonchev–Trinajstić information content (AvgIpc) is 1.60. The molecule has 0 atom stereocenters. The Morgan fingerprint density at radius 1 is 1.50 bits per heavy atom. The van der Waals surface area contributed by atoms with Gasteiger partial charge in [-0.1, -0.05) is 0 Å². The van der Waals surface area contributed by atoms with E-state index < -0.39 is 0 Å². The van der Waals surface area contributed by atoms with Gasteiger partial charge in [0.05, 0.1) is 0 Å². The van der Waals surface area contributed by atoms with Crippen LogP contribution in [0.2, 0.25) is 0 Å². The minimum atomic E-state index is -0.0272. The second-order valence-corrected chi connectivity index (χ2v) is 3.30. The van der Waals surface area contributed by atoms with Gasteiger partial charge in [-0.3, -0.25) is 5.41 Å². The van der Waals surface area contributed by atoms with Crippen LogP contribution < -0.4 is 5.73 Å². The van der Waals surface area contributed by atoms with Crippen LogP contribution in [0.15, 0.2) is 0 Å². The maximum absolute atomic E-state index is 7.21. The van der Waals surface area contributed by atoms with E-state index in [1.54, 1.807) is 0 Å². The van der Waals surface area contributed by atoms with Crippen LogP contribution in [0.5, 0.6) is 0 Å². The first-order valence-corrected chi connectivity index (χ1v) is 3.51. The van der Waals surface area contributed by atoms with E-state index in [0.717, 1.165) is 6.54 Å². The number of hydrogen-bond acceptors (Lipinski definition) is 1. The lowest BCUT2D eigenvalue weighted by atomic mass is 10.1. The molecule has 0 aliphatic rings. The Hall–Kier alpha value is -0.730. The SMILES string of the molecule is CCN(C(=N)N)C(C)(C)C. The van der Waals surface area contributed by atoms with Crippen LogP contribution in [-0.4, -0.2) is 22.9 Å². The Bertz CT molecular complexity index is 123. The van der Waals surface area contributed by atoms with E-state index in [-0.39, 0.29) is 11.5 Å². The van der Waals surface area contributed by atoms with Crippen LogP contribution in [0.3, 0.4) is 0 Å². The Morgan fingerprint density at radius 3 is 1.90 bits per heavy atom. The second kappa shape index (κ2) is 2.90. The van der Waals surface area contributed by atoms with Gasteiger partial charge in [-0.25, -0.2) is 0 Å². The van der Waals surface area contributed by atoms with Crippen molar-refractivity contribution in [1.82, 2.24) is 4.90 Å². The molecule has 3 nitrogen and oxygen atoms in total. The van der Waals surface area contributed by atoms with E-state index >= 15 is 0 Å². The van der Waals surface area contributed by atoms with Crippen LogP contribution >= 0.6 is 0 Å². The molecule has 0 saturated heterocycles. The molecule has 0 spiro atoms. The van der Waals surface area contributed by atoms with Crippen molar-refractivity contribution in [2.24, 2.45) is 5.73 Å². The molecule has 0 fully saturated rings. The van der Waals surface area contributed by atoms with E-state index in [2.05, 4.69) is 0 Å². The number of rotatable bonds is 1. The van der Waals surface area contributed by atoms with Crippen molar-refractivity contribution in [2.75, 3.05) is 6.54 Å². The maximum Gasteiger partial charge on any atom is 0.188 e. The summed E-state index contributed by atoms with van der Waals surface area (Å²) in [4.78, 5) is 1.84. The minimum Gasteiger partial charge on any atom is -0.370 e. The lowest BCUT2D eigenvalue weighted by molar-refractivity contribution is 0.243. The fourth-order valence-corrected chi connectivity index (χ4v) is 1.01. The number of nitrogens with two attached hydrogens (primary N) is 1. The second-order valence-electron chi connectivity index (χ2n) is 3.30. The first-order valence-electron chi connectivity index (χ1n) is 3.51. The van der Waals surface area contributed by atoms with Crippen LogP contribution in [0.1, 0.15) is 27.7 Å². The van der Waals surface area contributed by atoms with Crippen molar-refractivity contribution in [2.45, 2.75) is 33.2 Å². The van der Waals surface area contributed by atoms with Gasteiger partial charge >= 0.3 is 0 Å². The molecule has 0 aromatic carbocycles. The zero-order chi connectivity index (χ0) is 8.36. The smallest absolute Gasteiger partial charge is 0.188 e. The predicted octanol–water partition coefficient (Wildman–Crippen LogP) is 1.00. The van der Waals surface area contributed by atoms with Gasteiger partial charge in [0.2, 0.25) is 0 Å². The van der Waals surface area contributed by atoms with E-state index in [9.17, 15) is 0 Å². The molecule has 10 heavy (non-hydrogen) atoms. The monoisotopic (exact) mass is 143 g/mol. The van der Waals surface area contributed by atoms with Crippen molar-refractivity contribution < 1.29 is 0 Å². The number of nitrogens with one attached hydrogen (secondary N) is 1. The molecule has 0 unspecified atom stereocenters. The summed E-state index contributed by atoms with van der Waals surface area (Å²) in [5, 5.41) is 7.21. The van der Waals surface area contributed by atoms with E-state index in [1.165, 1.54) is 0 Å². The number of nitrogens with zero attached hydrogens (tertiary/aromatic N) is 1. The first-order chi connectivity index (χ1) is 4.39. The molecule has 0 bridgehead atoms. The third kappa shape index (κ3) is 2.25. The summed E-state index contributed by atoms with van der Waals surface area (Å²) in [6.07, 6.45) is 0.